The number of nitrogens with zero attached hydrogens (tertiary/aromatic N) is 3. The lowest BCUT2D eigenvalue weighted by atomic mass is 9.81. The number of ether oxygens (including phenoxy) is 1. The lowest BCUT2D eigenvalue weighted by Gasteiger charge is -2.31. The van der Waals surface area contributed by atoms with Crippen LogP contribution in [-0.2, 0) is 68.3 Å². The van der Waals surface area contributed by atoms with Crippen LogP contribution in [0.5, 0.6) is 0 Å². The predicted octanol–water partition coefficient (Wildman–Crippen LogP) is 3.40. The van der Waals surface area contributed by atoms with Crippen LogP contribution in [0.4, 0.5) is 17.6 Å². The number of amides is 6. The third-order valence-corrected chi connectivity index (χ3v) is 13.9. The molecule has 1 aliphatic carbocycles. The molecular formula is C51H62F4N8O12. The number of carboxylic acids is 1. The number of imide groups is 1. The summed E-state index contributed by atoms with van der Waals surface area (Å²) in [5.41, 5.74) is 7.36. The van der Waals surface area contributed by atoms with Crippen LogP contribution in [0.3, 0.4) is 0 Å². The number of nitrogens with two attached hydrogens (primary N) is 1. The maximum atomic E-state index is 15.4. The molecule has 0 bridgehead atoms. The van der Waals surface area contributed by atoms with Crippen molar-refractivity contribution in [2.45, 2.75) is 148 Å². The Hall–Kier alpha value is -7.08. The number of pyridine rings is 2. The Kier molecular flexibility index (Phi) is 18.4. The molecule has 0 spiro atoms. The van der Waals surface area contributed by atoms with Crippen LogP contribution in [-0.4, -0.2) is 110 Å². The third kappa shape index (κ3) is 12.7. The predicted molar refractivity (Wildman–Crippen MR) is 260 cm³/mol. The Labute approximate surface area is 428 Å². The number of aromatic nitrogens is 2. The number of carbonyl (C=O) groups is 8. The number of halogens is 4. The number of aryl methyl sites for hydroxylation is 1. The monoisotopic (exact) mass is 1050 g/mol. The van der Waals surface area contributed by atoms with E-state index in [9.17, 15) is 56.6 Å². The fourth-order valence-electron chi connectivity index (χ4n) is 9.74. The standard InChI is InChI=1S/C49H61FN8O10.C2HF3O2/c1-5-49(67)31-22-36-44-29(24-58(36)47(65)30(31)25-68-48(49)66)42-33(16-15-28-27(4)32(50)23-35(54-44)41(28)42)53-37(59)14-11-20-52-45(63)34(12-8-9-19-51)55-46(64)43(26(2)3)56-38(60)13-7-6-10-21-57-39(61)17-18-40(57)62;3-2(4,5)1(6)7/h17-18,22-23,26,33-34,43,67H,5-16,19-21,24-25,51H2,1-4H3,(H,52,63)(H,53,59)(H,55,64)(H,56,60);(H,6,7)/t33-,34-,43-,49-;/m0./s1. The van der Waals surface area contributed by atoms with Crippen molar-refractivity contribution < 1.29 is 70.9 Å². The number of hydrogen-bond donors (Lipinski definition) is 7. The molecule has 75 heavy (non-hydrogen) atoms. The van der Waals surface area contributed by atoms with Gasteiger partial charge in [-0.15, -0.1) is 0 Å². The molecule has 3 aromatic rings. The Morgan fingerprint density at radius 3 is 2.24 bits per heavy atom. The second kappa shape index (κ2) is 24.1. The number of alkyl halides is 3. The smallest absolute Gasteiger partial charge is 0.475 e. The van der Waals surface area contributed by atoms with Crippen molar-refractivity contribution in [1.82, 2.24) is 35.7 Å². The molecule has 0 unspecified atom stereocenters. The van der Waals surface area contributed by atoms with Gasteiger partial charge in [-0.25, -0.2) is 19.0 Å². The molecule has 1 aromatic carbocycles. The minimum Gasteiger partial charge on any atom is -0.475 e. The molecule has 406 valence electrons. The number of benzene rings is 1. The molecule has 0 saturated heterocycles. The molecule has 5 heterocycles. The van der Waals surface area contributed by atoms with Gasteiger partial charge in [0, 0.05) is 60.7 Å². The van der Waals surface area contributed by atoms with E-state index in [1.165, 1.54) is 22.8 Å². The van der Waals surface area contributed by atoms with Gasteiger partial charge < -0.3 is 46.5 Å². The summed E-state index contributed by atoms with van der Waals surface area (Å²) >= 11 is 0. The van der Waals surface area contributed by atoms with E-state index in [-0.39, 0.29) is 92.6 Å². The van der Waals surface area contributed by atoms with Crippen LogP contribution in [0.15, 0.2) is 29.1 Å². The number of aliphatic carboxylic acids is 1. The highest BCUT2D eigenvalue weighted by Crippen LogP contribution is 2.46. The summed E-state index contributed by atoms with van der Waals surface area (Å²) in [5, 5.41) is 30.8. The van der Waals surface area contributed by atoms with Gasteiger partial charge in [0.2, 0.25) is 23.6 Å². The zero-order valence-electron chi connectivity index (χ0n) is 42.0. The molecule has 0 radical (unpaired) electrons. The number of rotatable bonds is 21. The van der Waals surface area contributed by atoms with Gasteiger partial charge in [0.05, 0.1) is 35.1 Å². The van der Waals surface area contributed by atoms with Crippen LogP contribution in [0, 0.1) is 18.7 Å². The van der Waals surface area contributed by atoms with Crippen molar-refractivity contribution in [3.05, 3.63) is 73.8 Å². The summed E-state index contributed by atoms with van der Waals surface area (Å²) in [5.74, 6) is -6.63. The lowest BCUT2D eigenvalue weighted by Crippen LogP contribution is -2.55. The topological polar surface area (TPSA) is 299 Å². The van der Waals surface area contributed by atoms with Gasteiger partial charge in [0.25, 0.3) is 17.4 Å². The molecule has 3 aliphatic heterocycles. The van der Waals surface area contributed by atoms with Gasteiger partial charge in [-0.05, 0) is 99.9 Å². The van der Waals surface area contributed by atoms with Gasteiger partial charge in [0.1, 0.15) is 24.5 Å². The molecule has 4 atom stereocenters. The summed E-state index contributed by atoms with van der Waals surface area (Å²) in [4.78, 5) is 119. The molecule has 2 aromatic heterocycles. The SMILES string of the molecule is CC[C@@]1(O)C(=O)OCc2c1cc1n(c2=O)Cc2c-1nc1cc(F)c(C)c3c1c2[C@@H](NC(=O)CCCNC(=O)[C@H](CCCCN)NC(=O)[C@@H](NC(=O)CCCCCN1C(=O)C=CC1=O)C(C)C)CC3.O=C(O)C(F)(F)F. The highest BCUT2D eigenvalue weighted by molar-refractivity contribution is 6.12. The fraction of sp³-hybridized carbons (Fsp3) is 0.529. The first-order chi connectivity index (χ1) is 35.4. The first kappa shape index (κ1) is 57.2. The lowest BCUT2D eigenvalue weighted by molar-refractivity contribution is -0.192. The van der Waals surface area contributed by atoms with Crippen LogP contribution in [0.25, 0.3) is 22.3 Å². The number of carboxylic acid groups (broad SMARTS) is 1. The number of carbonyl (C=O) groups excluding carboxylic acids is 7. The van der Waals surface area contributed by atoms with Crippen molar-refractivity contribution in [2.24, 2.45) is 11.7 Å². The number of nitrogens with one attached hydrogen (secondary N) is 4. The Morgan fingerprint density at radius 2 is 1.60 bits per heavy atom. The van der Waals surface area contributed by atoms with Crippen molar-refractivity contribution in [3.63, 3.8) is 0 Å². The first-order valence-electron chi connectivity index (χ1n) is 24.9. The first-order valence-corrected chi connectivity index (χ1v) is 24.9. The largest absolute Gasteiger partial charge is 0.490 e. The molecule has 7 rings (SSSR count). The third-order valence-electron chi connectivity index (χ3n) is 13.9. The van der Waals surface area contributed by atoms with E-state index < -0.39 is 65.0 Å². The second-order valence-corrected chi connectivity index (χ2v) is 19.3. The average molecular weight is 1060 g/mol. The number of cyclic esters (lactones) is 1. The highest BCUT2D eigenvalue weighted by atomic mass is 19.4. The van der Waals surface area contributed by atoms with E-state index in [0.717, 1.165) is 16.0 Å². The van der Waals surface area contributed by atoms with Crippen LogP contribution >= 0.6 is 0 Å². The molecule has 24 heteroatoms. The summed E-state index contributed by atoms with van der Waals surface area (Å²) in [6.07, 6.45) is 1.78. The number of hydrogen-bond acceptors (Lipinski definition) is 13. The quantitative estimate of drug-likeness (QED) is 0.0273. The minimum absolute atomic E-state index is 0.0261. The number of esters is 1. The number of fused-ring (bicyclic) bond motifs is 5. The Bertz CT molecular complexity index is 2850. The molecule has 0 saturated carbocycles. The summed E-state index contributed by atoms with van der Waals surface area (Å²) in [7, 11) is 0. The van der Waals surface area contributed by atoms with Crippen LogP contribution in [0.2, 0.25) is 0 Å². The van der Waals surface area contributed by atoms with Crippen molar-refractivity contribution >= 4 is 58.3 Å². The normalized spacial score (nSPS) is 18.1. The van der Waals surface area contributed by atoms with Crippen LogP contribution in [0.1, 0.15) is 131 Å². The van der Waals surface area contributed by atoms with Crippen molar-refractivity contribution in [2.75, 3.05) is 19.6 Å². The maximum absolute atomic E-state index is 15.4. The van der Waals surface area contributed by atoms with Crippen molar-refractivity contribution in [1.29, 1.82) is 0 Å². The Morgan fingerprint density at radius 1 is 0.920 bits per heavy atom. The van der Waals surface area contributed by atoms with Crippen LogP contribution < -0.4 is 32.6 Å². The molecule has 4 aliphatic rings. The van der Waals surface area contributed by atoms with Gasteiger partial charge in [-0.3, -0.25) is 38.5 Å². The minimum atomic E-state index is -5.08. The van der Waals surface area contributed by atoms with Crippen molar-refractivity contribution in [3.8, 4) is 11.4 Å². The summed E-state index contributed by atoms with van der Waals surface area (Å²) in [6.45, 7) is 7.49. The molecule has 0 fully saturated rings. The molecule has 6 amide bonds. The van der Waals surface area contributed by atoms with Gasteiger partial charge in [-0.1, -0.05) is 27.2 Å². The molecule has 8 N–H and O–H groups in total. The van der Waals surface area contributed by atoms with E-state index >= 15 is 4.39 Å². The zero-order chi connectivity index (χ0) is 55.1. The number of aliphatic hydroxyl groups is 1. The van der Waals surface area contributed by atoms with E-state index in [4.69, 9.17) is 25.4 Å². The zero-order valence-corrected chi connectivity index (χ0v) is 42.0. The second-order valence-electron chi connectivity index (χ2n) is 19.3. The number of unbranched alkanes of at least 4 members (excludes halogenated alkanes) is 3. The van der Waals surface area contributed by atoms with Gasteiger partial charge >= 0.3 is 18.1 Å². The van der Waals surface area contributed by atoms with E-state index in [1.54, 1.807) is 33.8 Å². The van der Waals surface area contributed by atoms with E-state index in [0.29, 0.717) is 91.3 Å². The summed E-state index contributed by atoms with van der Waals surface area (Å²) < 4.78 is 53.9. The summed E-state index contributed by atoms with van der Waals surface area (Å²) in [6, 6.07) is 0.578. The molecular weight excluding hydrogens is 993 g/mol. The Balaban J connectivity index is 0.00000122. The fourth-order valence-corrected chi connectivity index (χ4v) is 9.74. The van der Waals surface area contributed by atoms with Gasteiger partial charge in [-0.2, -0.15) is 13.2 Å². The van der Waals surface area contributed by atoms with E-state index in [2.05, 4.69) is 21.3 Å². The molecule has 20 nitrogen and oxygen atoms in total. The van der Waals surface area contributed by atoms with E-state index in [1.807, 2.05) is 0 Å². The average Bonchev–Trinajstić information content (AvgIpc) is 3.90. The highest BCUT2D eigenvalue weighted by Gasteiger charge is 2.46. The van der Waals surface area contributed by atoms with Gasteiger partial charge in [0.15, 0.2) is 5.60 Å². The maximum Gasteiger partial charge on any atom is 0.490 e.